The van der Waals surface area contributed by atoms with Gasteiger partial charge in [-0.1, -0.05) is 72.8 Å². The van der Waals surface area contributed by atoms with Crippen LogP contribution >= 0.6 is 0 Å². The number of halogens is 1. The van der Waals surface area contributed by atoms with Gasteiger partial charge in [-0.3, -0.25) is 14.2 Å². The van der Waals surface area contributed by atoms with Crippen LogP contribution in [0.5, 0.6) is 0 Å². The summed E-state index contributed by atoms with van der Waals surface area (Å²) in [6.45, 7) is 2.23. The third-order valence-corrected chi connectivity index (χ3v) is 5.79. The zero-order valence-corrected chi connectivity index (χ0v) is 19.8. The van der Waals surface area contributed by atoms with Crippen molar-refractivity contribution in [3.63, 3.8) is 0 Å². The van der Waals surface area contributed by atoms with E-state index in [1.807, 2.05) is 85.9 Å². The number of para-hydroxylation sites is 1. The molecule has 34 heavy (non-hydrogen) atoms. The van der Waals surface area contributed by atoms with Crippen molar-refractivity contribution in [1.29, 1.82) is 0 Å². The van der Waals surface area contributed by atoms with Crippen LogP contribution in [0.1, 0.15) is 17.0 Å². The summed E-state index contributed by atoms with van der Waals surface area (Å²) in [5, 5.41) is 0.624. The maximum absolute atomic E-state index is 13.0. The third-order valence-electron chi connectivity index (χ3n) is 5.79. The van der Waals surface area contributed by atoms with Gasteiger partial charge in [0.15, 0.2) is 0 Å². The Labute approximate surface area is 205 Å². The fourth-order valence-electron chi connectivity index (χ4n) is 3.87. The van der Waals surface area contributed by atoms with Gasteiger partial charge < -0.3 is 22.0 Å². The Hall–Kier alpha value is -3.48. The summed E-state index contributed by atoms with van der Waals surface area (Å²) in [6.07, 6.45) is 1.60. The van der Waals surface area contributed by atoms with Crippen molar-refractivity contribution in [3.05, 3.63) is 113 Å². The van der Waals surface area contributed by atoms with Crippen LogP contribution in [0.25, 0.3) is 10.9 Å². The van der Waals surface area contributed by atoms with Gasteiger partial charge in [0.25, 0.3) is 5.56 Å². The summed E-state index contributed by atoms with van der Waals surface area (Å²) >= 11 is 0. The van der Waals surface area contributed by atoms with Crippen LogP contribution in [0.4, 0.5) is 0 Å². The molecule has 0 aliphatic heterocycles. The van der Waals surface area contributed by atoms with Crippen LogP contribution in [-0.4, -0.2) is 42.3 Å². The Morgan fingerprint density at radius 1 is 0.912 bits per heavy atom. The minimum atomic E-state index is -0.449. The smallest absolute Gasteiger partial charge is 0.318 e. The molecule has 0 saturated carbocycles. The Bertz CT molecular complexity index is 1220. The van der Waals surface area contributed by atoms with Crippen molar-refractivity contribution < 1.29 is 26.8 Å². The lowest BCUT2D eigenvalue weighted by Gasteiger charge is -2.19. The van der Waals surface area contributed by atoms with Gasteiger partial charge >= 0.3 is 5.97 Å². The van der Waals surface area contributed by atoms with Crippen molar-refractivity contribution in [2.75, 3.05) is 26.7 Å². The van der Waals surface area contributed by atoms with E-state index < -0.39 is 5.92 Å². The van der Waals surface area contributed by atoms with E-state index >= 15 is 0 Å². The lowest BCUT2D eigenvalue weighted by molar-refractivity contribution is -0.880. The van der Waals surface area contributed by atoms with Crippen LogP contribution in [0.15, 0.2) is 96.1 Å². The topological polar surface area (TPSA) is 65.6 Å². The molecule has 0 spiro atoms. The van der Waals surface area contributed by atoms with Crippen LogP contribution in [0.3, 0.4) is 0 Å². The second kappa shape index (κ2) is 12.1. The van der Waals surface area contributed by atoms with Crippen LogP contribution in [0.2, 0.25) is 0 Å². The van der Waals surface area contributed by atoms with Gasteiger partial charge in [-0.05, 0) is 23.3 Å². The quantitative estimate of drug-likeness (QED) is 0.323. The molecule has 1 atom stereocenters. The molecule has 1 unspecified atom stereocenters. The van der Waals surface area contributed by atoms with Crippen molar-refractivity contribution in [2.45, 2.75) is 12.5 Å². The molecule has 3 aromatic carbocycles. The van der Waals surface area contributed by atoms with Crippen LogP contribution in [0, 0.1) is 0 Å². The highest BCUT2D eigenvalue weighted by Gasteiger charge is 2.24. The number of nitrogens with one attached hydrogen (secondary N) is 1. The van der Waals surface area contributed by atoms with E-state index in [4.69, 9.17) is 4.74 Å². The molecular formula is C27H28ClN3O3. The Morgan fingerprint density at radius 3 is 2.15 bits per heavy atom. The largest absolute Gasteiger partial charge is 1.00 e. The Morgan fingerprint density at radius 2 is 1.50 bits per heavy atom. The number of esters is 1. The van der Waals surface area contributed by atoms with Crippen LogP contribution in [-0.2, 0) is 16.1 Å². The molecule has 4 rings (SSSR count). The Balaban J connectivity index is 0.00000324. The zero-order valence-electron chi connectivity index (χ0n) is 19.1. The van der Waals surface area contributed by atoms with Gasteiger partial charge in [0.2, 0.25) is 0 Å². The lowest BCUT2D eigenvalue weighted by atomic mass is 9.91. The van der Waals surface area contributed by atoms with E-state index in [2.05, 4.69) is 4.98 Å². The fraction of sp³-hybridized carbons (Fsp3) is 0.222. The summed E-state index contributed by atoms with van der Waals surface area (Å²) in [5.41, 5.74) is 2.50. The number of hydrogen-bond acceptors (Lipinski definition) is 4. The lowest BCUT2D eigenvalue weighted by Crippen LogP contribution is -3.10. The van der Waals surface area contributed by atoms with E-state index in [0.29, 0.717) is 30.6 Å². The molecule has 1 heterocycles. The van der Waals surface area contributed by atoms with E-state index in [0.717, 1.165) is 17.7 Å². The number of quaternary nitrogens is 1. The average Bonchev–Trinajstić information content (AvgIpc) is 2.85. The first-order valence-electron chi connectivity index (χ1n) is 11.2. The summed E-state index contributed by atoms with van der Waals surface area (Å²) < 4.78 is 7.31. The number of carbonyl (C=O) groups is 1. The molecule has 0 aliphatic rings. The summed E-state index contributed by atoms with van der Waals surface area (Å²) in [7, 11) is 2.03. The number of benzene rings is 3. The number of hydrogen-bond donors (Lipinski definition) is 1. The fourth-order valence-corrected chi connectivity index (χ4v) is 3.87. The predicted molar refractivity (Wildman–Crippen MR) is 128 cm³/mol. The molecular weight excluding hydrogens is 450 g/mol. The minimum absolute atomic E-state index is 0. The second-order valence-corrected chi connectivity index (χ2v) is 8.14. The maximum atomic E-state index is 13.0. The van der Waals surface area contributed by atoms with E-state index in [1.165, 1.54) is 4.90 Å². The van der Waals surface area contributed by atoms with Gasteiger partial charge in [-0.25, -0.2) is 4.98 Å². The highest BCUT2D eigenvalue weighted by Crippen LogP contribution is 2.25. The highest BCUT2D eigenvalue weighted by atomic mass is 35.5. The molecule has 6 nitrogen and oxygen atoms in total. The molecule has 0 radical (unpaired) electrons. The first-order chi connectivity index (χ1) is 16.1. The van der Waals surface area contributed by atoms with E-state index in [1.54, 1.807) is 17.0 Å². The van der Waals surface area contributed by atoms with Gasteiger partial charge in [0, 0.05) is 0 Å². The average molecular weight is 478 g/mol. The minimum Gasteiger partial charge on any atom is -1.00 e. The van der Waals surface area contributed by atoms with E-state index in [-0.39, 0.29) is 23.9 Å². The molecule has 1 aromatic heterocycles. The molecule has 0 aliphatic carbocycles. The predicted octanol–water partition coefficient (Wildman–Crippen LogP) is -0.709. The number of nitrogens with zero attached hydrogens (tertiary/aromatic N) is 2. The standard InChI is InChI=1S/C27H27N3O3.ClH/c1-29(16-17-30-20-28-24-15-9-8-14-23(24)26(30)31)18-19-33-27(32)25(21-10-4-2-5-11-21)22-12-6-3-7-13-22;/h2-15,20,25H,16-19H2,1H3;1H. The second-order valence-electron chi connectivity index (χ2n) is 8.14. The normalized spacial score (nSPS) is 11.7. The summed E-state index contributed by atoms with van der Waals surface area (Å²) in [5.74, 6) is -0.704. The molecule has 0 bridgehead atoms. The van der Waals surface area contributed by atoms with Crippen molar-refractivity contribution in [3.8, 4) is 0 Å². The number of likely N-dealkylation sites (N-methyl/N-ethyl adjacent to an activating group) is 1. The van der Waals surface area contributed by atoms with Crippen molar-refractivity contribution in [2.24, 2.45) is 0 Å². The van der Waals surface area contributed by atoms with Gasteiger partial charge in [0.05, 0.1) is 37.4 Å². The Kier molecular flexibility index (Phi) is 8.96. The van der Waals surface area contributed by atoms with Gasteiger partial charge in [-0.15, -0.1) is 0 Å². The summed E-state index contributed by atoms with van der Waals surface area (Å²) in [4.78, 5) is 31.2. The number of carbonyl (C=O) groups excluding carboxylic acids is 1. The number of aromatic nitrogens is 2. The zero-order chi connectivity index (χ0) is 23.0. The molecule has 7 heteroatoms. The maximum Gasteiger partial charge on any atom is 0.318 e. The molecule has 0 fully saturated rings. The molecule has 0 saturated heterocycles. The molecule has 0 amide bonds. The van der Waals surface area contributed by atoms with E-state index in [9.17, 15) is 9.59 Å². The first kappa shape index (κ1) is 25.1. The van der Waals surface area contributed by atoms with Crippen molar-refractivity contribution >= 4 is 16.9 Å². The molecule has 176 valence electrons. The van der Waals surface area contributed by atoms with Gasteiger partial charge in [0.1, 0.15) is 19.1 Å². The van der Waals surface area contributed by atoms with Gasteiger partial charge in [-0.2, -0.15) is 0 Å². The molecule has 4 aromatic rings. The number of fused-ring (bicyclic) bond motifs is 1. The monoisotopic (exact) mass is 477 g/mol. The van der Waals surface area contributed by atoms with Crippen molar-refractivity contribution in [1.82, 2.24) is 9.55 Å². The van der Waals surface area contributed by atoms with Crippen LogP contribution < -0.4 is 22.9 Å². The summed E-state index contributed by atoms with van der Waals surface area (Å²) in [6, 6.07) is 26.8. The number of rotatable bonds is 9. The third kappa shape index (κ3) is 6.10. The number of ether oxygens (including phenoxy) is 1. The molecule has 1 N–H and O–H groups in total. The first-order valence-corrected chi connectivity index (χ1v) is 11.2. The highest BCUT2D eigenvalue weighted by molar-refractivity contribution is 5.82. The SMILES string of the molecule is C[NH+](CCOC(=O)C(c1ccccc1)c1ccccc1)CCn1cnc2ccccc2c1=O.[Cl-].